The van der Waals surface area contributed by atoms with E-state index in [1.807, 2.05) is 0 Å². The monoisotopic (exact) mass is 538 g/mol. The largest absolute Gasteiger partial charge is 0.507 e. The first kappa shape index (κ1) is 27.2. The molecular formula is C28H30N2O7S. The van der Waals surface area contributed by atoms with Crippen molar-refractivity contribution in [2.75, 3.05) is 20.2 Å². The summed E-state index contributed by atoms with van der Waals surface area (Å²) in [5, 5.41) is 25.7. The maximum absolute atomic E-state index is 13.6. The second-order valence-corrected chi connectivity index (χ2v) is 11.5. The summed E-state index contributed by atoms with van der Waals surface area (Å²) in [5.74, 6) is -1.59. The summed E-state index contributed by atoms with van der Waals surface area (Å²) in [5.41, 5.74) is 1.78. The van der Waals surface area contributed by atoms with E-state index >= 15 is 0 Å². The average molecular weight is 539 g/mol. The van der Waals surface area contributed by atoms with E-state index in [4.69, 9.17) is 4.74 Å². The van der Waals surface area contributed by atoms with E-state index in [9.17, 15) is 28.2 Å². The Morgan fingerprint density at radius 1 is 1.05 bits per heavy atom. The second kappa shape index (κ2) is 11.2. The summed E-state index contributed by atoms with van der Waals surface area (Å²) in [6.45, 7) is 0.454. The number of piperidine rings is 1. The number of sulfone groups is 1. The van der Waals surface area contributed by atoms with E-state index in [1.54, 1.807) is 60.7 Å². The molecule has 3 aromatic rings. The van der Waals surface area contributed by atoms with E-state index in [1.165, 1.54) is 19.2 Å². The van der Waals surface area contributed by atoms with Crippen LogP contribution in [0.25, 0.3) is 11.1 Å². The second-order valence-electron chi connectivity index (χ2n) is 9.21. The molecule has 200 valence electrons. The molecule has 1 unspecified atom stereocenters. The zero-order chi connectivity index (χ0) is 27.3. The van der Waals surface area contributed by atoms with Crippen LogP contribution >= 0.6 is 0 Å². The quantitative estimate of drug-likeness (QED) is 0.326. The predicted molar refractivity (Wildman–Crippen MR) is 142 cm³/mol. The number of methoxy groups -OCH3 is 1. The number of phenols is 1. The molecule has 0 bridgehead atoms. The number of hydrogen-bond acceptors (Lipinski definition) is 7. The molecule has 1 aliphatic rings. The van der Waals surface area contributed by atoms with Crippen LogP contribution in [0.1, 0.15) is 18.4 Å². The Morgan fingerprint density at radius 2 is 1.76 bits per heavy atom. The first-order valence-corrected chi connectivity index (χ1v) is 13.7. The Morgan fingerprint density at radius 3 is 2.37 bits per heavy atom. The number of nitrogens with one attached hydrogen (secondary N) is 2. The lowest BCUT2D eigenvalue weighted by Gasteiger charge is -2.36. The number of carboxylic acids is 1. The SMILES string of the molecule is COc1cccc(O)c1-c1ccc(C[C@H](NC(=O)C2(S(=O)(=O)c3ccccc3)CCCNC2)C(=O)O)cc1. The van der Waals surface area contributed by atoms with Crippen molar-refractivity contribution in [1.29, 1.82) is 0 Å². The number of rotatable bonds is 9. The van der Waals surface area contributed by atoms with Crippen molar-refractivity contribution < 1.29 is 33.0 Å². The molecule has 1 fully saturated rings. The average Bonchev–Trinajstić information content (AvgIpc) is 2.93. The van der Waals surface area contributed by atoms with Crippen LogP contribution in [-0.4, -0.2) is 61.5 Å². The van der Waals surface area contributed by atoms with Gasteiger partial charge in [0.2, 0.25) is 5.91 Å². The van der Waals surface area contributed by atoms with Gasteiger partial charge in [0.1, 0.15) is 17.5 Å². The van der Waals surface area contributed by atoms with Crippen LogP contribution in [0.2, 0.25) is 0 Å². The van der Waals surface area contributed by atoms with Gasteiger partial charge in [-0.05, 0) is 54.8 Å². The van der Waals surface area contributed by atoms with Gasteiger partial charge < -0.3 is 25.6 Å². The van der Waals surface area contributed by atoms with Crippen LogP contribution in [0.5, 0.6) is 11.5 Å². The molecule has 1 heterocycles. The van der Waals surface area contributed by atoms with Crippen molar-refractivity contribution in [2.24, 2.45) is 0 Å². The number of amides is 1. The van der Waals surface area contributed by atoms with Crippen molar-refractivity contribution >= 4 is 21.7 Å². The standard InChI is InChI=1S/C28H30N2O7S/c1-37-24-10-5-9-23(31)25(24)20-13-11-19(12-14-20)17-22(26(32)33)30-27(34)28(15-6-16-29-18-28)38(35,36)21-7-3-2-4-8-21/h2-5,7-14,22,29,31H,6,15-18H2,1H3,(H,30,34)(H,32,33)/t22-,28?/m0/s1. The minimum Gasteiger partial charge on any atom is -0.507 e. The number of phenolic OH excluding ortho intramolecular Hbond substituents is 1. The fraction of sp³-hybridized carbons (Fsp3) is 0.286. The summed E-state index contributed by atoms with van der Waals surface area (Å²) in [4.78, 5) is 25.7. The highest BCUT2D eigenvalue weighted by molar-refractivity contribution is 7.93. The van der Waals surface area contributed by atoms with Gasteiger partial charge in [0.05, 0.1) is 17.6 Å². The third-order valence-corrected chi connectivity index (χ3v) is 9.29. The number of benzene rings is 3. The van der Waals surface area contributed by atoms with Gasteiger partial charge in [-0.25, -0.2) is 13.2 Å². The number of carboxylic acid groups (broad SMARTS) is 1. The normalized spacial score (nSPS) is 18.3. The van der Waals surface area contributed by atoms with Gasteiger partial charge >= 0.3 is 5.97 Å². The van der Waals surface area contributed by atoms with Crippen LogP contribution < -0.4 is 15.4 Å². The van der Waals surface area contributed by atoms with Crippen molar-refractivity contribution in [2.45, 2.75) is 34.9 Å². The van der Waals surface area contributed by atoms with Gasteiger partial charge in [-0.1, -0.05) is 48.5 Å². The Hall–Kier alpha value is -3.89. The molecule has 0 aromatic heterocycles. The maximum atomic E-state index is 13.6. The highest BCUT2D eigenvalue weighted by Crippen LogP contribution is 2.37. The minimum absolute atomic E-state index is 0.0147. The van der Waals surface area contributed by atoms with Gasteiger partial charge in [0, 0.05) is 13.0 Å². The zero-order valence-corrected chi connectivity index (χ0v) is 21.7. The van der Waals surface area contributed by atoms with Crippen LogP contribution in [0.3, 0.4) is 0 Å². The van der Waals surface area contributed by atoms with Crippen LogP contribution in [0.15, 0.2) is 77.7 Å². The van der Waals surface area contributed by atoms with Crippen molar-refractivity contribution in [3.8, 4) is 22.6 Å². The fourth-order valence-corrected chi connectivity index (χ4v) is 6.74. The molecular weight excluding hydrogens is 508 g/mol. The number of aliphatic carboxylic acids is 1. The van der Waals surface area contributed by atoms with E-state index in [0.717, 1.165) is 0 Å². The number of carbonyl (C=O) groups excluding carboxylic acids is 1. The first-order valence-electron chi connectivity index (χ1n) is 12.2. The van der Waals surface area contributed by atoms with Crippen LogP contribution in [0, 0.1) is 0 Å². The summed E-state index contributed by atoms with van der Waals surface area (Å²) in [6.07, 6.45) is 0.467. The molecule has 1 saturated heterocycles. The molecule has 3 aromatic carbocycles. The highest BCUT2D eigenvalue weighted by atomic mass is 32.2. The molecule has 0 radical (unpaired) electrons. The number of carbonyl (C=O) groups is 2. The third-order valence-electron chi connectivity index (χ3n) is 6.84. The van der Waals surface area contributed by atoms with E-state index in [0.29, 0.717) is 35.4 Å². The van der Waals surface area contributed by atoms with Gasteiger partial charge in [-0.3, -0.25) is 4.79 Å². The van der Waals surface area contributed by atoms with E-state index in [2.05, 4.69) is 10.6 Å². The molecule has 10 heteroatoms. The molecule has 2 atom stereocenters. The zero-order valence-electron chi connectivity index (χ0n) is 20.9. The van der Waals surface area contributed by atoms with E-state index < -0.39 is 32.5 Å². The van der Waals surface area contributed by atoms with Crippen molar-refractivity contribution in [3.63, 3.8) is 0 Å². The molecule has 0 saturated carbocycles. The Labute approximate surface area is 221 Å². The number of hydrogen-bond donors (Lipinski definition) is 4. The lowest BCUT2D eigenvalue weighted by atomic mass is 9.96. The summed E-state index contributed by atoms with van der Waals surface area (Å²) >= 11 is 0. The van der Waals surface area contributed by atoms with Gasteiger partial charge in [0.15, 0.2) is 14.6 Å². The minimum atomic E-state index is -4.12. The van der Waals surface area contributed by atoms with Crippen molar-refractivity contribution in [1.82, 2.24) is 10.6 Å². The Balaban J connectivity index is 1.58. The predicted octanol–water partition coefficient (Wildman–Crippen LogP) is 2.78. The van der Waals surface area contributed by atoms with Gasteiger partial charge in [-0.15, -0.1) is 0 Å². The lowest BCUT2D eigenvalue weighted by molar-refractivity contribution is -0.142. The maximum Gasteiger partial charge on any atom is 0.326 e. The number of aromatic hydroxyl groups is 1. The Kier molecular flexibility index (Phi) is 8.03. The van der Waals surface area contributed by atoms with Crippen LogP contribution in [0.4, 0.5) is 0 Å². The van der Waals surface area contributed by atoms with Crippen LogP contribution in [-0.2, 0) is 25.8 Å². The summed E-state index contributed by atoms with van der Waals surface area (Å²) < 4.78 is 30.8. The molecule has 38 heavy (non-hydrogen) atoms. The lowest BCUT2D eigenvalue weighted by Crippen LogP contribution is -2.62. The fourth-order valence-electron chi connectivity index (χ4n) is 4.76. The Bertz CT molecular complexity index is 1400. The molecule has 4 rings (SSSR count). The molecule has 1 aliphatic heterocycles. The molecule has 0 aliphatic carbocycles. The molecule has 1 amide bonds. The summed E-state index contributed by atoms with van der Waals surface area (Å²) in [7, 11) is -2.62. The number of ether oxygens (including phenoxy) is 1. The smallest absolute Gasteiger partial charge is 0.326 e. The molecule has 9 nitrogen and oxygen atoms in total. The molecule has 0 spiro atoms. The van der Waals surface area contributed by atoms with Gasteiger partial charge in [0.25, 0.3) is 0 Å². The molecule has 4 N–H and O–H groups in total. The highest BCUT2D eigenvalue weighted by Gasteiger charge is 2.52. The van der Waals surface area contributed by atoms with Gasteiger partial charge in [-0.2, -0.15) is 0 Å². The summed E-state index contributed by atoms with van der Waals surface area (Å²) in [6, 6.07) is 18.2. The topological polar surface area (TPSA) is 142 Å². The van der Waals surface area contributed by atoms with Crippen molar-refractivity contribution in [3.05, 3.63) is 78.4 Å². The third kappa shape index (κ3) is 5.23. The first-order chi connectivity index (χ1) is 18.2. The van der Waals surface area contributed by atoms with E-state index in [-0.39, 0.29) is 30.0 Å².